The predicted octanol–water partition coefficient (Wildman–Crippen LogP) is 3.07. The number of rotatable bonds is 5. The number of hydrogen-bond acceptors (Lipinski definition) is 6. The van der Waals surface area contributed by atoms with Crippen molar-refractivity contribution in [3.63, 3.8) is 0 Å². The fourth-order valence-electron chi connectivity index (χ4n) is 2.47. The Morgan fingerprint density at radius 3 is 3.04 bits per heavy atom. The van der Waals surface area contributed by atoms with Crippen molar-refractivity contribution in [1.82, 2.24) is 24.6 Å². The van der Waals surface area contributed by atoms with Crippen LogP contribution in [0.15, 0.2) is 51.9 Å². The summed E-state index contributed by atoms with van der Waals surface area (Å²) in [6, 6.07) is 9.47. The summed E-state index contributed by atoms with van der Waals surface area (Å²) in [5, 5.41) is 9.91. The average molecular weight is 369 g/mol. The third kappa shape index (κ3) is 3.64. The van der Waals surface area contributed by atoms with E-state index in [0.29, 0.717) is 16.6 Å². The zero-order valence-electron chi connectivity index (χ0n) is 13.5. The number of thiophene rings is 1. The fraction of sp³-hybridized carbons (Fsp3) is 0.176. The molecule has 4 aromatic heterocycles. The molecule has 0 unspecified atom stereocenters. The molecule has 0 aromatic carbocycles. The predicted molar refractivity (Wildman–Crippen MR) is 99.3 cm³/mol. The highest BCUT2D eigenvalue weighted by molar-refractivity contribution is 7.98. The number of nitrogens with one attached hydrogen (secondary N) is 1. The molecule has 0 aliphatic heterocycles. The number of fused-ring (bicyclic) bond motifs is 1. The van der Waals surface area contributed by atoms with Crippen LogP contribution in [0.4, 0.5) is 0 Å². The van der Waals surface area contributed by atoms with Gasteiger partial charge in [-0.2, -0.15) is 0 Å². The van der Waals surface area contributed by atoms with Crippen molar-refractivity contribution in [2.24, 2.45) is 0 Å². The lowest BCUT2D eigenvalue weighted by atomic mass is 10.3. The van der Waals surface area contributed by atoms with Crippen LogP contribution in [0.25, 0.3) is 5.65 Å². The Bertz CT molecular complexity index is 1070. The molecule has 0 radical (unpaired) electrons. The molecule has 4 heterocycles. The summed E-state index contributed by atoms with van der Waals surface area (Å²) in [6.45, 7) is 1.98. The van der Waals surface area contributed by atoms with E-state index in [1.54, 1.807) is 28.0 Å². The molecule has 4 aromatic rings. The summed E-state index contributed by atoms with van der Waals surface area (Å²) in [7, 11) is 0. The van der Waals surface area contributed by atoms with Gasteiger partial charge in [0.05, 0.1) is 5.69 Å². The Morgan fingerprint density at radius 2 is 2.20 bits per heavy atom. The molecule has 0 aliphatic rings. The lowest BCUT2D eigenvalue weighted by molar-refractivity contribution is 0.957. The van der Waals surface area contributed by atoms with Gasteiger partial charge in [0, 0.05) is 29.3 Å². The molecule has 0 aliphatic carbocycles. The highest BCUT2D eigenvalue weighted by Crippen LogP contribution is 2.19. The Hall–Kier alpha value is -2.45. The van der Waals surface area contributed by atoms with E-state index in [1.807, 2.05) is 30.5 Å². The van der Waals surface area contributed by atoms with Gasteiger partial charge in [-0.05, 0) is 36.1 Å². The summed E-state index contributed by atoms with van der Waals surface area (Å²) in [5.41, 5.74) is 2.39. The van der Waals surface area contributed by atoms with Crippen LogP contribution in [0.5, 0.6) is 0 Å². The van der Waals surface area contributed by atoms with Crippen LogP contribution in [0.1, 0.15) is 22.0 Å². The van der Waals surface area contributed by atoms with Crippen LogP contribution < -0.4 is 5.56 Å². The molecular weight excluding hydrogens is 354 g/mol. The normalized spacial score (nSPS) is 11.2. The van der Waals surface area contributed by atoms with Crippen LogP contribution >= 0.6 is 23.1 Å². The Balaban J connectivity index is 1.49. The first-order valence-corrected chi connectivity index (χ1v) is 9.59. The van der Waals surface area contributed by atoms with Crippen molar-refractivity contribution in [1.29, 1.82) is 0 Å². The van der Waals surface area contributed by atoms with Crippen molar-refractivity contribution < 1.29 is 0 Å². The van der Waals surface area contributed by atoms with Crippen LogP contribution in [-0.2, 0) is 12.2 Å². The number of aromatic amines is 1. The van der Waals surface area contributed by atoms with Gasteiger partial charge in [-0.1, -0.05) is 17.8 Å². The fourth-order valence-corrected chi connectivity index (χ4v) is 3.88. The minimum Gasteiger partial charge on any atom is -0.269 e. The van der Waals surface area contributed by atoms with E-state index < -0.39 is 0 Å². The van der Waals surface area contributed by atoms with Crippen LogP contribution in [0.3, 0.4) is 0 Å². The van der Waals surface area contributed by atoms with Gasteiger partial charge < -0.3 is 0 Å². The molecule has 4 rings (SSSR count). The van der Waals surface area contributed by atoms with Crippen molar-refractivity contribution in [2.75, 3.05) is 0 Å². The van der Waals surface area contributed by atoms with E-state index in [9.17, 15) is 4.79 Å². The molecular formula is C17H15N5OS2. The zero-order chi connectivity index (χ0) is 17.2. The number of thioether (sulfide) groups is 1. The third-order valence-corrected chi connectivity index (χ3v) is 5.42. The van der Waals surface area contributed by atoms with Crippen molar-refractivity contribution in [3.8, 4) is 0 Å². The number of nitrogens with zero attached hydrogens (tertiary/aromatic N) is 4. The number of hydrogen-bond donors (Lipinski definition) is 1. The SMILES string of the molecule is Cc1ccn2c(=O)cc(CSc3n[nH]c(Cc4cccs4)n3)nc2c1. The van der Waals surface area contributed by atoms with Gasteiger partial charge in [-0.25, -0.2) is 9.97 Å². The Morgan fingerprint density at radius 1 is 1.28 bits per heavy atom. The largest absolute Gasteiger partial charge is 0.269 e. The lowest BCUT2D eigenvalue weighted by Crippen LogP contribution is -2.15. The molecule has 6 nitrogen and oxygen atoms in total. The molecule has 0 bridgehead atoms. The highest BCUT2D eigenvalue weighted by atomic mass is 32.2. The average Bonchev–Trinajstić information content (AvgIpc) is 3.25. The second-order valence-corrected chi connectivity index (χ2v) is 7.60. The number of pyridine rings is 1. The van der Waals surface area contributed by atoms with Gasteiger partial charge >= 0.3 is 0 Å². The smallest absolute Gasteiger partial charge is 0.258 e. The lowest BCUT2D eigenvalue weighted by Gasteiger charge is -2.03. The molecule has 0 saturated heterocycles. The van der Waals surface area contributed by atoms with Crippen LogP contribution in [0, 0.1) is 6.92 Å². The minimum atomic E-state index is -0.0750. The molecule has 8 heteroatoms. The van der Waals surface area contributed by atoms with Gasteiger partial charge in [0.25, 0.3) is 5.56 Å². The summed E-state index contributed by atoms with van der Waals surface area (Å²) >= 11 is 3.17. The molecule has 0 fully saturated rings. The van der Waals surface area contributed by atoms with Gasteiger partial charge in [-0.15, -0.1) is 16.4 Å². The summed E-state index contributed by atoms with van der Waals surface area (Å²) in [6.07, 6.45) is 2.50. The quantitative estimate of drug-likeness (QED) is 0.547. The zero-order valence-corrected chi connectivity index (χ0v) is 15.1. The van der Waals surface area contributed by atoms with Crippen molar-refractivity contribution >= 4 is 28.7 Å². The third-order valence-electron chi connectivity index (χ3n) is 3.66. The van der Waals surface area contributed by atoms with Gasteiger partial charge in [0.15, 0.2) is 0 Å². The molecule has 1 N–H and O–H groups in total. The van der Waals surface area contributed by atoms with Crippen molar-refractivity contribution in [2.45, 2.75) is 24.3 Å². The summed E-state index contributed by atoms with van der Waals surface area (Å²) < 4.78 is 1.55. The Kier molecular flexibility index (Phi) is 4.37. The van der Waals surface area contributed by atoms with Gasteiger partial charge in [-0.3, -0.25) is 14.3 Å². The van der Waals surface area contributed by atoms with Gasteiger partial charge in [0.2, 0.25) is 5.16 Å². The van der Waals surface area contributed by atoms with Crippen LogP contribution in [-0.4, -0.2) is 24.6 Å². The summed E-state index contributed by atoms with van der Waals surface area (Å²) in [4.78, 5) is 22.5. The maximum Gasteiger partial charge on any atom is 0.258 e. The van der Waals surface area contributed by atoms with E-state index in [2.05, 4.69) is 26.2 Å². The first kappa shape index (κ1) is 16.0. The number of H-pyrrole nitrogens is 1. The monoisotopic (exact) mass is 369 g/mol. The molecule has 0 amide bonds. The number of aryl methyl sites for hydroxylation is 1. The first-order chi connectivity index (χ1) is 12.2. The molecule has 0 atom stereocenters. The minimum absolute atomic E-state index is 0.0750. The first-order valence-electron chi connectivity index (χ1n) is 7.73. The van der Waals surface area contributed by atoms with E-state index in [4.69, 9.17) is 0 Å². The maximum atomic E-state index is 12.2. The molecule has 126 valence electrons. The maximum absolute atomic E-state index is 12.2. The van der Waals surface area contributed by atoms with E-state index in [1.165, 1.54) is 16.6 Å². The molecule has 25 heavy (non-hydrogen) atoms. The summed E-state index contributed by atoms with van der Waals surface area (Å²) in [5.74, 6) is 1.39. The Labute approximate surface area is 152 Å². The highest BCUT2D eigenvalue weighted by Gasteiger charge is 2.08. The van der Waals surface area contributed by atoms with Crippen molar-refractivity contribution in [3.05, 3.63) is 74.2 Å². The molecule has 0 saturated carbocycles. The number of aromatic nitrogens is 5. The van der Waals surface area contributed by atoms with E-state index in [0.717, 1.165) is 23.5 Å². The van der Waals surface area contributed by atoms with E-state index >= 15 is 0 Å². The van der Waals surface area contributed by atoms with Crippen LogP contribution in [0.2, 0.25) is 0 Å². The van der Waals surface area contributed by atoms with E-state index in [-0.39, 0.29) is 5.56 Å². The second-order valence-electron chi connectivity index (χ2n) is 5.63. The molecule has 0 spiro atoms. The topological polar surface area (TPSA) is 75.9 Å². The van der Waals surface area contributed by atoms with Gasteiger partial charge in [0.1, 0.15) is 11.5 Å². The second kappa shape index (κ2) is 6.81. The standard InChI is InChI=1S/C17H15N5OS2/c1-11-4-5-22-15(7-11)18-12(8-16(22)23)10-25-17-19-14(20-21-17)9-13-3-2-6-24-13/h2-8H,9-10H2,1H3,(H,19,20,21).